The van der Waals surface area contributed by atoms with E-state index in [4.69, 9.17) is 9.72 Å². The van der Waals surface area contributed by atoms with Gasteiger partial charge in [-0.25, -0.2) is 4.98 Å². The number of amides is 1. The lowest BCUT2D eigenvalue weighted by atomic mass is 9.84. The number of esters is 1. The number of hydrogen-bond donors (Lipinski definition) is 1. The number of piperidine rings is 2. The highest BCUT2D eigenvalue weighted by Gasteiger charge is 2.33. The molecule has 0 radical (unpaired) electrons. The Morgan fingerprint density at radius 1 is 0.911 bits per heavy atom. The van der Waals surface area contributed by atoms with E-state index >= 15 is 0 Å². The van der Waals surface area contributed by atoms with Crippen LogP contribution >= 0.6 is 0 Å². The Morgan fingerprint density at radius 3 is 2.40 bits per heavy atom. The van der Waals surface area contributed by atoms with Crippen LogP contribution in [-0.2, 0) is 16.1 Å². The van der Waals surface area contributed by atoms with Crippen LogP contribution in [0, 0.1) is 11.8 Å². The molecule has 0 spiro atoms. The Bertz CT molecular complexity index is 1450. The summed E-state index contributed by atoms with van der Waals surface area (Å²) in [5.41, 5.74) is 4.60. The summed E-state index contributed by atoms with van der Waals surface area (Å²) < 4.78 is 5.35. The molecule has 1 aromatic heterocycles. The van der Waals surface area contributed by atoms with Crippen molar-refractivity contribution >= 4 is 22.8 Å². The van der Waals surface area contributed by atoms with Gasteiger partial charge in [-0.15, -0.1) is 0 Å². The van der Waals surface area contributed by atoms with Gasteiger partial charge >= 0.3 is 5.97 Å². The minimum atomic E-state index is -0.0412. The third-order valence-corrected chi connectivity index (χ3v) is 10.5. The number of para-hydroxylation sites is 1. The van der Waals surface area contributed by atoms with Crippen LogP contribution in [0.1, 0.15) is 87.6 Å². The van der Waals surface area contributed by atoms with Crippen LogP contribution in [0.5, 0.6) is 0 Å². The van der Waals surface area contributed by atoms with Crippen molar-refractivity contribution in [3.8, 4) is 11.3 Å². The monoisotopic (exact) mass is 610 g/mol. The molecule has 3 fully saturated rings. The van der Waals surface area contributed by atoms with Crippen molar-refractivity contribution in [1.82, 2.24) is 20.1 Å². The molecule has 2 aliphatic heterocycles. The first-order chi connectivity index (χ1) is 22.0. The van der Waals surface area contributed by atoms with Crippen LogP contribution in [0.15, 0.2) is 54.6 Å². The summed E-state index contributed by atoms with van der Waals surface area (Å²) >= 11 is 0. The third kappa shape index (κ3) is 7.41. The number of aromatic nitrogens is 1. The lowest BCUT2D eigenvalue weighted by molar-refractivity contribution is -0.150. The highest BCUT2D eigenvalue weighted by molar-refractivity contribution is 6.09. The standard InChI is InChI=1S/C38H50N4O3/c1-3-45-38(44)30-17-12-22-42(25-30)31-20-23-41(24-21-31)26-33-35(37(43)39-27(2)28-13-6-4-7-14-28)32-18-10-11-19-34(32)40-36(33)29-15-8-5-9-16-29/h5,8-11,15-16,18-19,27-28,30-31H,3-4,6-7,12-14,17,20-26H2,1-2H3,(H,39,43)/t27-,30?/m0/s1. The van der Waals surface area contributed by atoms with Crippen LogP contribution in [0.2, 0.25) is 0 Å². The van der Waals surface area contributed by atoms with Crippen LogP contribution in [0.25, 0.3) is 22.2 Å². The number of carbonyl (C=O) groups excluding carboxylic acids is 2. The molecule has 1 unspecified atom stereocenters. The maximum Gasteiger partial charge on any atom is 0.310 e. The number of carbonyl (C=O) groups is 2. The fourth-order valence-corrected chi connectivity index (χ4v) is 7.99. The molecule has 2 aromatic carbocycles. The number of ether oxygens (including phenoxy) is 1. The number of nitrogens with one attached hydrogen (secondary N) is 1. The molecule has 0 bridgehead atoms. The Balaban J connectivity index is 1.26. The van der Waals surface area contributed by atoms with Gasteiger partial charge in [0.15, 0.2) is 0 Å². The van der Waals surface area contributed by atoms with Crippen molar-refractivity contribution in [3.05, 3.63) is 65.7 Å². The minimum absolute atomic E-state index is 0.00842. The fraction of sp³-hybridized carbons (Fsp3) is 0.553. The van der Waals surface area contributed by atoms with E-state index < -0.39 is 0 Å². The zero-order chi connectivity index (χ0) is 31.2. The molecule has 1 amide bonds. The van der Waals surface area contributed by atoms with Crippen LogP contribution in [0.4, 0.5) is 0 Å². The predicted molar refractivity (Wildman–Crippen MR) is 180 cm³/mol. The average Bonchev–Trinajstić information content (AvgIpc) is 3.09. The first kappa shape index (κ1) is 31.7. The fourth-order valence-electron chi connectivity index (χ4n) is 7.99. The van der Waals surface area contributed by atoms with E-state index in [1.807, 2.05) is 31.2 Å². The third-order valence-electron chi connectivity index (χ3n) is 10.5. The molecule has 3 aromatic rings. The van der Waals surface area contributed by atoms with Gasteiger partial charge in [-0.2, -0.15) is 0 Å². The summed E-state index contributed by atoms with van der Waals surface area (Å²) in [4.78, 5) is 37.0. The molecular formula is C38H50N4O3. The van der Waals surface area contributed by atoms with E-state index in [-0.39, 0.29) is 23.8 Å². The molecule has 7 nitrogen and oxygen atoms in total. The molecule has 1 N–H and O–H groups in total. The van der Waals surface area contributed by atoms with Gasteiger partial charge in [0.2, 0.25) is 0 Å². The number of hydrogen-bond acceptors (Lipinski definition) is 6. The smallest absolute Gasteiger partial charge is 0.310 e. The number of fused-ring (bicyclic) bond motifs is 1. The molecule has 2 saturated heterocycles. The topological polar surface area (TPSA) is 74.8 Å². The molecule has 240 valence electrons. The molecule has 2 atom stereocenters. The lowest BCUT2D eigenvalue weighted by Gasteiger charge is -2.42. The number of rotatable bonds is 9. The summed E-state index contributed by atoms with van der Waals surface area (Å²) in [6.07, 6.45) is 10.3. The predicted octanol–water partition coefficient (Wildman–Crippen LogP) is 6.84. The van der Waals surface area contributed by atoms with Crippen LogP contribution in [0.3, 0.4) is 0 Å². The van der Waals surface area contributed by atoms with Gasteiger partial charge in [-0.1, -0.05) is 67.8 Å². The summed E-state index contributed by atoms with van der Waals surface area (Å²) in [6, 6.07) is 19.1. The second kappa shape index (κ2) is 14.9. The first-order valence-corrected chi connectivity index (χ1v) is 17.4. The first-order valence-electron chi connectivity index (χ1n) is 17.4. The van der Waals surface area contributed by atoms with Crippen LogP contribution in [-0.4, -0.2) is 71.5 Å². The van der Waals surface area contributed by atoms with Gasteiger partial charge in [-0.3, -0.25) is 19.4 Å². The Morgan fingerprint density at radius 2 is 1.64 bits per heavy atom. The number of nitrogens with zero attached hydrogens (tertiary/aromatic N) is 3. The van der Waals surface area contributed by atoms with Crippen LogP contribution < -0.4 is 5.32 Å². The maximum atomic E-state index is 14.3. The van der Waals surface area contributed by atoms with Crippen molar-refractivity contribution in [2.75, 3.05) is 32.8 Å². The summed E-state index contributed by atoms with van der Waals surface area (Å²) in [7, 11) is 0. The van der Waals surface area contributed by atoms with Gasteiger partial charge in [0, 0.05) is 41.7 Å². The quantitative estimate of drug-likeness (QED) is 0.268. The second-order valence-electron chi connectivity index (χ2n) is 13.5. The Hall–Kier alpha value is -3.29. The van der Waals surface area contributed by atoms with Gasteiger partial charge in [0.25, 0.3) is 5.91 Å². The van der Waals surface area contributed by atoms with Gasteiger partial charge in [0.05, 0.1) is 29.3 Å². The summed E-state index contributed by atoms with van der Waals surface area (Å²) in [6.45, 7) is 8.96. The second-order valence-corrected chi connectivity index (χ2v) is 13.5. The average molecular weight is 611 g/mol. The van der Waals surface area contributed by atoms with Crippen molar-refractivity contribution in [3.63, 3.8) is 0 Å². The highest BCUT2D eigenvalue weighted by Crippen LogP contribution is 2.34. The summed E-state index contributed by atoms with van der Waals surface area (Å²) in [5, 5.41) is 4.38. The maximum absolute atomic E-state index is 14.3. The van der Waals surface area contributed by atoms with E-state index in [9.17, 15) is 9.59 Å². The van der Waals surface area contributed by atoms with E-state index in [1.165, 1.54) is 32.1 Å². The molecular weight excluding hydrogens is 560 g/mol. The molecule has 3 aliphatic rings. The molecule has 3 heterocycles. The molecule has 7 heteroatoms. The van der Waals surface area contributed by atoms with E-state index in [0.717, 1.165) is 85.1 Å². The summed E-state index contributed by atoms with van der Waals surface area (Å²) in [5.74, 6) is 0.503. The molecule has 6 rings (SSSR count). The van der Waals surface area contributed by atoms with Crippen molar-refractivity contribution in [1.29, 1.82) is 0 Å². The Labute approximate surface area is 268 Å². The van der Waals surface area contributed by atoms with Crippen molar-refractivity contribution in [2.24, 2.45) is 11.8 Å². The highest BCUT2D eigenvalue weighted by atomic mass is 16.5. The van der Waals surface area contributed by atoms with E-state index in [0.29, 0.717) is 25.1 Å². The number of likely N-dealkylation sites (tertiary alicyclic amines) is 2. The number of benzene rings is 2. The van der Waals surface area contributed by atoms with Gasteiger partial charge in [-0.05, 0) is 84.0 Å². The lowest BCUT2D eigenvalue weighted by Crippen LogP contribution is -2.49. The van der Waals surface area contributed by atoms with E-state index in [1.54, 1.807) is 0 Å². The van der Waals surface area contributed by atoms with Crippen molar-refractivity contribution in [2.45, 2.75) is 90.3 Å². The molecule has 1 saturated carbocycles. The molecule has 45 heavy (non-hydrogen) atoms. The molecule has 1 aliphatic carbocycles. The van der Waals surface area contributed by atoms with E-state index in [2.05, 4.69) is 52.4 Å². The SMILES string of the molecule is CCOC(=O)C1CCCN(C2CCN(Cc3c(-c4ccccc4)nc4ccccc4c3C(=O)N[C@@H](C)C3CCCCC3)CC2)C1. The Kier molecular flexibility index (Phi) is 10.5. The van der Waals surface area contributed by atoms with Gasteiger partial charge in [0.1, 0.15) is 0 Å². The van der Waals surface area contributed by atoms with Gasteiger partial charge < -0.3 is 10.1 Å². The minimum Gasteiger partial charge on any atom is -0.466 e. The largest absolute Gasteiger partial charge is 0.466 e. The zero-order valence-corrected chi connectivity index (χ0v) is 27.2. The normalized spacial score (nSPS) is 21.4. The number of pyridine rings is 1. The van der Waals surface area contributed by atoms with Crippen molar-refractivity contribution < 1.29 is 14.3 Å². The zero-order valence-electron chi connectivity index (χ0n) is 27.2.